The van der Waals surface area contributed by atoms with Gasteiger partial charge in [0.05, 0.1) is 16.4 Å². The van der Waals surface area contributed by atoms with Crippen molar-refractivity contribution in [3.8, 4) is 0 Å². The van der Waals surface area contributed by atoms with E-state index in [1.165, 1.54) is 6.07 Å². The van der Waals surface area contributed by atoms with Gasteiger partial charge in [-0.2, -0.15) is 5.10 Å². The van der Waals surface area contributed by atoms with E-state index in [0.29, 0.717) is 17.1 Å². The van der Waals surface area contributed by atoms with Crippen molar-refractivity contribution in [2.75, 3.05) is 0 Å². The summed E-state index contributed by atoms with van der Waals surface area (Å²) in [5.41, 5.74) is 2.36. The van der Waals surface area contributed by atoms with Crippen LogP contribution in [0, 0.1) is 12.7 Å². The molecule has 1 aromatic heterocycles. The van der Waals surface area contributed by atoms with Gasteiger partial charge in [-0.05, 0) is 19.9 Å². The molecule has 0 bridgehead atoms. The van der Waals surface area contributed by atoms with E-state index in [2.05, 4.69) is 10.4 Å². The van der Waals surface area contributed by atoms with E-state index in [-0.39, 0.29) is 11.9 Å². The Morgan fingerprint density at radius 2 is 2.11 bits per heavy atom. The second kappa shape index (κ2) is 5.72. The summed E-state index contributed by atoms with van der Waals surface area (Å²) in [5, 5.41) is 8.18. The molecular weight excluding hydrogens is 265 g/mol. The summed E-state index contributed by atoms with van der Waals surface area (Å²) < 4.78 is 15.4. The molecule has 1 aromatic carbocycles. The van der Waals surface area contributed by atoms with Gasteiger partial charge < -0.3 is 5.32 Å². The number of hydrogen-bond donors (Lipinski definition) is 1. The molecule has 0 spiro atoms. The highest BCUT2D eigenvalue weighted by molar-refractivity contribution is 6.31. The van der Waals surface area contributed by atoms with Gasteiger partial charge in [0.15, 0.2) is 0 Å². The molecule has 2 aromatic rings. The Bertz CT molecular complexity index is 580. The average Bonchev–Trinajstić information content (AvgIpc) is 2.61. The highest BCUT2D eigenvalue weighted by Gasteiger charge is 2.14. The molecule has 1 N–H and O–H groups in total. The topological polar surface area (TPSA) is 29.9 Å². The third kappa shape index (κ3) is 2.96. The maximum absolute atomic E-state index is 13.6. The van der Waals surface area contributed by atoms with Crippen LogP contribution >= 0.6 is 11.6 Å². The molecule has 0 amide bonds. The minimum atomic E-state index is -0.199. The summed E-state index contributed by atoms with van der Waals surface area (Å²) in [6, 6.07) is 6.68. The normalized spacial score (nSPS) is 12.7. The van der Waals surface area contributed by atoms with E-state index in [9.17, 15) is 4.39 Å². The Hall–Kier alpha value is -1.39. The number of aryl methyl sites for hydroxylation is 2. The van der Waals surface area contributed by atoms with Crippen LogP contribution in [0.5, 0.6) is 0 Å². The Morgan fingerprint density at radius 3 is 2.68 bits per heavy atom. The smallest absolute Gasteiger partial charge is 0.127 e. The molecule has 2 rings (SSSR count). The summed E-state index contributed by atoms with van der Waals surface area (Å²) in [6.07, 6.45) is 0. The fourth-order valence-electron chi connectivity index (χ4n) is 2.06. The molecule has 3 nitrogen and oxygen atoms in total. The minimum Gasteiger partial charge on any atom is -0.304 e. The highest BCUT2D eigenvalue weighted by atomic mass is 35.5. The van der Waals surface area contributed by atoms with Crippen LogP contribution in [0.3, 0.4) is 0 Å². The first-order valence-corrected chi connectivity index (χ1v) is 6.54. The van der Waals surface area contributed by atoms with Crippen LogP contribution in [-0.4, -0.2) is 9.78 Å². The van der Waals surface area contributed by atoms with Gasteiger partial charge >= 0.3 is 0 Å². The van der Waals surface area contributed by atoms with Crippen molar-refractivity contribution in [3.63, 3.8) is 0 Å². The lowest BCUT2D eigenvalue weighted by molar-refractivity contribution is 0.515. The maximum Gasteiger partial charge on any atom is 0.127 e. The molecule has 1 heterocycles. The zero-order chi connectivity index (χ0) is 14.0. The summed E-state index contributed by atoms with van der Waals surface area (Å²) in [4.78, 5) is 0. The van der Waals surface area contributed by atoms with Gasteiger partial charge in [0.25, 0.3) is 0 Å². The molecule has 0 aliphatic rings. The third-order valence-corrected chi connectivity index (χ3v) is 3.70. The van der Waals surface area contributed by atoms with Gasteiger partial charge in [-0.3, -0.25) is 4.68 Å². The predicted molar refractivity (Wildman–Crippen MR) is 74.6 cm³/mol. The SMILES string of the molecule is Cc1nn(C)c(CN[C@H](C)c2ccccc2F)c1Cl. The van der Waals surface area contributed by atoms with Crippen LogP contribution < -0.4 is 5.32 Å². The summed E-state index contributed by atoms with van der Waals surface area (Å²) in [6.45, 7) is 4.34. The molecule has 5 heteroatoms. The number of hydrogen-bond acceptors (Lipinski definition) is 2. The highest BCUT2D eigenvalue weighted by Crippen LogP contribution is 2.21. The van der Waals surface area contributed by atoms with Crippen molar-refractivity contribution in [1.29, 1.82) is 0 Å². The first-order chi connectivity index (χ1) is 9.00. The average molecular weight is 282 g/mol. The Balaban J connectivity index is 2.09. The number of halogens is 2. The standard InChI is InChI=1S/C14H17ClFN3/c1-9(11-6-4-5-7-12(11)16)17-8-13-14(15)10(2)18-19(13)3/h4-7,9,17H,8H2,1-3H3/t9-/m1/s1. The molecule has 0 saturated heterocycles. The van der Waals surface area contributed by atoms with Crippen molar-refractivity contribution in [3.05, 3.63) is 52.1 Å². The molecule has 0 unspecified atom stereocenters. The van der Waals surface area contributed by atoms with Gasteiger partial charge in [0.1, 0.15) is 5.82 Å². The molecule has 1 atom stereocenters. The van der Waals surface area contributed by atoms with Gasteiger partial charge in [-0.25, -0.2) is 4.39 Å². The van der Waals surface area contributed by atoms with E-state index in [0.717, 1.165) is 11.4 Å². The van der Waals surface area contributed by atoms with Crippen molar-refractivity contribution >= 4 is 11.6 Å². The van der Waals surface area contributed by atoms with Gasteiger partial charge in [-0.15, -0.1) is 0 Å². The van der Waals surface area contributed by atoms with Crippen molar-refractivity contribution in [2.24, 2.45) is 7.05 Å². The van der Waals surface area contributed by atoms with E-state index in [1.54, 1.807) is 16.8 Å². The van der Waals surface area contributed by atoms with Crippen molar-refractivity contribution in [1.82, 2.24) is 15.1 Å². The first-order valence-electron chi connectivity index (χ1n) is 6.16. The van der Waals surface area contributed by atoms with Crippen LogP contribution in [0.4, 0.5) is 4.39 Å². The van der Waals surface area contributed by atoms with E-state index < -0.39 is 0 Å². The quantitative estimate of drug-likeness (QED) is 0.931. The van der Waals surface area contributed by atoms with Gasteiger partial charge in [0.2, 0.25) is 0 Å². The van der Waals surface area contributed by atoms with Crippen LogP contribution in [0.15, 0.2) is 24.3 Å². The van der Waals surface area contributed by atoms with Gasteiger partial charge in [0, 0.05) is 25.2 Å². The Morgan fingerprint density at radius 1 is 1.42 bits per heavy atom. The van der Waals surface area contributed by atoms with E-state index >= 15 is 0 Å². The van der Waals surface area contributed by atoms with Crippen LogP contribution in [0.25, 0.3) is 0 Å². The summed E-state index contributed by atoms with van der Waals surface area (Å²) in [5.74, 6) is -0.199. The minimum absolute atomic E-state index is 0.0903. The number of benzene rings is 1. The monoisotopic (exact) mass is 281 g/mol. The number of aromatic nitrogens is 2. The van der Waals surface area contributed by atoms with Crippen LogP contribution in [0.2, 0.25) is 5.02 Å². The third-order valence-electron chi connectivity index (χ3n) is 3.21. The summed E-state index contributed by atoms with van der Waals surface area (Å²) >= 11 is 6.18. The lowest BCUT2D eigenvalue weighted by Crippen LogP contribution is -2.20. The molecule has 0 aliphatic heterocycles. The fourth-order valence-corrected chi connectivity index (χ4v) is 2.29. The molecule has 0 fully saturated rings. The molecule has 0 radical (unpaired) electrons. The largest absolute Gasteiger partial charge is 0.304 e. The second-order valence-electron chi connectivity index (χ2n) is 4.59. The molecule has 0 saturated carbocycles. The Kier molecular flexibility index (Phi) is 4.22. The lowest BCUT2D eigenvalue weighted by Gasteiger charge is -2.15. The van der Waals surface area contributed by atoms with E-state index in [4.69, 9.17) is 11.6 Å². The summed E-state index contributed by atoms with van der Waals surface area (Å²) in [7, 11) is 1.85. The van der Waals surface area contributed by atoms with Gasteiger partial charge in [-0.1, -0.05) is 29.8 Å². The van der Waals surface area contributed by atoms with Crippen LogP contribution in [-0.2, 0) is 13.6 Å². The predicted octanol–water partition coefficient (Wildman–Crippen LogP) is 3.37. The Labute approximate surface area is 117 Å². The zero-order valence-electron chi connectivity index (χ0n) is 11.2. The number of nitrogens with zero attached hydrogens (tertiary/aromatic N) is 2. The zero-order valence-corrected chi connectivity index (χ0v) is 12.0. The number of nitrogens with one attached hydrogen (secondary N) is 1. The first kappa shape index (κ1) is 14.0. The van der Waals surface area contributed by atoms with Crippen molar-refractivity contribution < 1.29 is 4.39 Å². The molecule has 0 aliphatic carbocycles. The molecule has 19 heavy (non-hydrogen) atoms. The second-order valence-corrected chi connectivity index (χ2v) is 4.97. The van der Waals surface area contributed by atoms with E-state index in [1.807, 2.05) is 27.0 Å². The maximum atomic E-state index is 13.6. The molecular formula is C14H17ClFN3. The lowest BCUT2D eigenvalue weighted by atomic mass is 10.1. The number of rotatable bonds is 4. The molecule has 102 valence electrons. The van der Waals surface area contributed by atoms with Crippen LogP contribution in [0.1, 0.15) is 29.9 Å². The van der Waals surface area contributed by atoms with Crippen molar-refractivity contribution in [2.45, 2.75) is 26.4 Å². The fraction of sp³-hybridized carbons (Fsp3) is 0.357.